The molecule has 1 rings (SSSR count). The van der Waals surface area contributed by atoms with Gasteiger partial charge in [-0.15, -0.1) is 0 Å². The zero-order valence-electron chi connectivity index (χ0n) is 11.0. The standard InChI is InChI=1S/C13H23NO2/c1-9-7-11(3)14(8-10(9)2)12(15)16-13(4,5)6/h10-11H,1,7-8H2,2-6H3/t10-,11-/m1/s1. The van der Waals surface area contributed by atoms with Crippen LogP contribution in [0.4, 0.5) is 4.79 Å². The smallest absolute Gasteiger partial charge is 0.410 e. The molecule has 2 atom stereocenters. The highest BCUT2D eigenvalue weighted by atomic mass is 16.6. The summed E-state index contributed by atoms with van der Waals surface area (Å²) in [6.07, 6.45) is 0.666. The minimum Gasteiger partial charge on any atom is -0.444 e. The van der Waals surface area contributed by atoms with Gasteiger partial charge in [-0.2, -0.15) is 0 Å². The van der Waals surface area contributed by atoms with Gasteiger partial charge in [0.25, 0.3) is 0 Å². The van der Waals surface area contributed by atoms with Gasteiger partial charge >= 0.3 is 6.09 Å². The van der Waals surface area contributed by atoms with Gasteiger partial charge in [0, 0.05) is 12.6 Å². The molecular weight excluding hydrogens is 202 g/mol. The van der Waals surface area contributed by atoms with E-state index in [9.17, 15) is 4.79 Å². The number of likely N-dealkylation sites (tertiary alicyclic amines) is 1. The molecule has 0 aromatic rings. The Morgan fingerprint density at radius 1 is 1.44 bits per heavy atom. The molecule has 0 unspecified atom stereocenters. The van der Waals surface area contributed by atoms with Crippen molar-refractivity contribution in [3.8, 4) is 0 Å². The zero-order chi connectivity index (χ0) is 12.5. The summed E-state index contributed by atoms with van der Waals surface area (Å²) in [6.45, 7) is 14.6. The number of nitrogens with zero attached hydrogens (tertiary/aromatic N) is 1. The van der Waals surface area contributed by atoms with Crippen molar-refractivity contribution in [1.29, 1.82) is 0 Å². The highest BCUT2D eigenvalue weighted by molar-refractivity contribution is 5.69. The molecule has 0 N–H and O–H groups in total. The Hall–Kier alpha value is -0.990. The van der Waals surface area contributed by atoms with Crippen molar-refractivity contribution >= 4 is 6.09 Å². The van der Waals surface area contributed by atoms with Crippen LogP contribution in [0.15, 0.2) is 12.2 Å². The molecule has 1 aliphatic rings. The molecule has 1 saturated heterocycles. The number of rotatable bonds is 0. The van der Waals surface area contributed by atoms with Crippen LogP contribution >= 0.6 is 0 Å². The molecule has 0 aliphatic carbocycles. The van der Waals surface area contributed by atoms with Crippen molar-refractivity contribution in [2.75, 3.05) is 6.54 Å². The largest absolute Gasteiger partial charge is 0.444 e. The topological polar surface area (TPSA) is 29.5 Å². The van der Waals surface area contributed by atoms with E-state index < -0.39 is 5.60 Å². The van der Waals surface area contributed by atoms with E-state index in [1.54, 1.807) is 0 Å². The summed E-state index contributed by atoms with van der Waals surface area (Å²) in [4.78, 5) is 13.8. The van der Waals surface area contributed by atoms with Gasteiger partial charge in [-0.25, -0.2) is 4.79 Å². The maximum atomic E-state index is 12.0. The lowest BCUT2D eigenvalue weighted by molar-refractivity contribution is 0.0116. The van der Waals surface area contributed by atoms with Crippen molar-refractivity contribution in [1.82, 2.24) is 4.90 Å². The monoisotopic (exact) mass is 225 g/mol. The number of hydrogen-bond donors (Lipinski definition) is 0. The number of piperidine rings is 1. The van der Waals surface area contributed by atoms with Crippen molar-refractivity contribution in [2.45, 2.75) is 52.7 Å². The van der Waals surface area contributed by atoms with Gasteiger partial charge in [-0.3, -0.25) is 0 Å². The summed E-state index contributed by atoms with van der Waals surface area (Å²) in [5.74, 6) is 0.365. The van der Waals surface area contributed by atoms with Gasteiger partial charge in [-0.1, -0.05) is 19.1 Å². The van der Waals surface area contributed by atoms with Gasteiger partial charge in [0.15, 0.2) is 0 Å². The van der Waals surface area contributed by atoms with Gasteiger partial charge in [0.05, 0.1) is 0 Å². The Kier molecular flexibility index (Phi) is 3.66. The molecule has 1 heterocycles. The Morgan fingerprint density at radius 3 is 2.50 bits per heavy atom. The average molecular weight is 225 g/mol. The maximum Gasteiger partial charge on any atom is 0.410 e. The molecule has 16 heavy (non-hydrogen) atoms. The van der Waals surface area contributed by atoms with E-state index in [2.05, 4.69) is 13.5 Å². The van der Waals surface area contributed by atoms with E-state index in [1.807, 2.05) is 32.6 Å². The second kappa shape index (κ2) is 4.48. The fourth-order valence-electron chi connectivity index (χ4n) is 1.87. The Morgan fingerprint density at radius 2 is 2.00 bits per heavy atom. The van der Waals surface area contributed by atoms with Crippen molar-refractivity contribution in [2.24, 2.45) is 5.92 Å². The first-order valence-corrected chi connectivity index (χ1v) is 5.88. The lowest BCUT2D eigenvalue weighted by Crippen LogP contribution is -2.47. The second-order valence-electron chi connectivity index (χ2n) is 5.75. The Bertz CT molecular complexity index is 291. The summed E-state index contributed by atoms with van der Waals surface area (Å²) in [6, 6.07) is 0.193. The predicted molar refractivity (Wildman–Crippen MR) is 65.3 cm³/mol. The van der Waals surface area contributed by atoms with E-state index in [0.29, 0.717) is 5.92 Å². The average Bonchev–Trinajstić information content (AvgIpc) is 2.08. The molecule has 0 bridgehead atoms. The van der Waals surface area contributed by atoms with Crippen LogP contribution in [-0.2, 0) is 4.74 Å². The lowest BCUT2D eigenvalue weighted by atomic mass is 9.91. The SMILES string of the molecule is C=C1C[C@@H](C)N(C(=O)OC(C)(C)C)C[C@H]1C. The third-order valence-corrected chi connectivity index (χ3v) is 2.89. The molecule has 0 aromatic carbocycles. The number of ether oxygens (including phenoxy) is 1. The van der Waals surface area contributed by atoms with Gasteiger partial charge in [0.1, 0.15) is 5.60 Å². The first kappa shape index (κ1) is 13.1. The van der Waals surface area contributed by atoms with E-state index in [4.69, 9.17) is 4.74 Å². The van der Waals surface area contributed by atoms with E-state index >= 15 is 0 Å². The third-order valence-electron chi connectivity index (χ3n) is 2.89. The summed E-state index contributed by atoms with van der Waals surface area (Å²) in [7, 11) is 0. The van der Waals surface area contributed by atoms with E-state index in [1.165, 1.54) is 5.57 Å². The van der Waals surface area contributed by atoms with Crippen LogP contribution in [0.3, 0.4) is 0 Å². The van der Waals surface area contributed by atoms with Crippen LogP contribution < -0.4 is 0 Å². The Labute approximate surface area is 98.5 Å². The van der Waals surface area contributed by atoms with Crippen molar-refractivity contribution < 1.29 is 9.53 Å². The summed E-state index contributed by atoms with van der Waals surface area (Å²) >= 11 is 0. The maximum absolute atomic E-state index is 12.0. The molecule has 0 radical (unpaired) electrons. The van der Waals surface area contributed by atoms with Crippen LogP contribution in [0.1, 0.15) is 41.0 Å². The van der Waals surface area contributed by atoms with Crippen LogP contribution in [-0.4, -0.2) is 29.2 Å². The van der Waals surface area contributed by atoms with Gasteiger partial charge in [-0.05, 0) is 40.0 Å². The minimum atomic E-state index is -0.422. The predicted octanol–water partition coefficient (Wildman–Crippen LogP) is 3.21. The van der Waals surface area contributed by atoms with E-state index in [0.717, 1.165) is 13.0 Å². The third kappa shape index (κ3) is 3.26. The molecule has 0 saturated carbocycles. The summed E-state index contributed by atoms with van der Waals surface area (Å²) in [5, 5.41) is 0. The molecule has 1 fully saturated rings. The number of amides is 1. The summed E-state index contributed by atoms with van der Waals surface area (Å²) in [5.41, 5.74) is 0.807. The molecule has 3 heteroatoms. The van der Waals surface area contributed by atoms with Crippen LogP contribution in [0.2, 0.25) is 0 Å². The highest BCUT2D eigenvalue weighted by Crippen LogP contribution is 2.26. The van der Waals surface area contributed by atoms with Crippen LogP contribution in [0.5, 0.6) is 0 Å². The normalized spacial score (nSPS) is 26.8. The van der Waals surface area contributed by atoms with Crippen LogP contribution in [0.25, 0.3) is 0 Å². The van der Waals surface area contributed by atoms with E-state index in [-0.39, 0.29) is 12.1 Å². The zero-order valence-corrected chi connectivity index (χ0v) is 11.0. The first-order valence-electron chi connectivity index (χ1n) is 5.88. The molecular formula is C13H23NO2. The second-order valence-corrected chi connectivity index (χ2v) is 5.75. The fourth-order valence-corrected chi connectivity index (χ4v) is 1.87. The fraction of sp³-hybridized carbons (Fsp3) is 0.769. The van der Waals surface area contributed by atoms with Crippen LogP contribution in [0, 0.1) is 5.92 Å². The van der Waals surface area contributed by atoms with Crippen molar-refractivity contribution in [3.63, 3.8) is 0 Å². The molecule has 0 aromatic heterocycles. The number of carbonyl (C=O) groups excluding carboxylic acids is 1. The molecule has 3 nitrogen and oxygen atoms in total. The first-order chi connectivity index (χ1) is 7.20. The molecule has 1 aliphatic heterocycles. The molecule has 0 spiro atoms. The minimum absolute atomic E-state index is 0.193. The van der Waals surface area contributed by atoms with Crippen molar-refractivity contribution in [3.05, 3.63) is 12.2 Å². The Balaban J connectivity index is 2.66. The van der Waals surface area contributed by atoms with Gasteiger partial charge in [0.2, 0.25) is 0 Å². The highest BCUT2D eigenvalue weighted by Gasteiger charge is 2.31. The number of carbonyl (C=O) groups is 1. The van der Waals surface area contributed by atoms with Gasteiger partial charge < -0.3 is 9.64 Å². The molecule has 92 valence electrons. The quantitative estimate of drug-likeness (QED) is 0.592. The molecule has 1 amide bonds. The summed E-state index contributed by atoms with van der Waals surface area (Å²) < 4.78 is 5.39. The lowest BCUT2D eigenvalue weighted by Gasteiger charge is -2.38. The number of hydrogen-bond acceptors (Lipinski definition) is 2.